The van der Waals surface area contributed by atoms with Gasteiger partial charge in [0.05, 0.1) is 11.4 Å². The minimum absolute atomic E-state index is 0.0562. The Hall–Kier alpha value is -4.37. The highest BCUT2D eigenvalue weighted by Crippen LogP contribution is 2.42. The molecular weight excluding hydrogens is 512 g/mol. The molecule has 1 aliphatic heterocycles. The van der Waals surface area contributed by atoms with Gasteiger partial charge in [0, 0.05) is 72.7 Å². The molecule has 0 amide bonds. The zero-order valence-corrected chi connectivity index (χ0v) is 22.5. The van der Waals surface area contributed by atoms with E-state index in [0.29, 0.717) is 30.8 Å². The van der Waals surface area contributed by atoms with Crippen LogP contribution in [0.4, 0.5) is 5.69 Å². The molecule has 198 valence electrons. The van der Waals surface area contributed by atoms with Crippen molar-refractivity contribution in [1.29, 1.82) is 0 Å². The summed E-state index contributed by atoms with van der Waals surface area (Å²) in [6, 6.07) is 19.5. The number of benzene rings is 2. The second-order valence-corrected chi connectivity index (χ2v) is 12.2. The van der Waals surface area contributed by atoms with Gasteiger partial charge in [0.25, 0.3) is 5.56 Å². The van der Waals surface area contributed by atoms with E-state index in [4.69, 9.17) is 4.74 Å². The fraction of sp³-hybridized carbons (Fsp3) is 0.200. The molecular formula is C30H28N4O4S. The number of aryl methyl sites for hydroxylation is 1. The number of H-pyrrole nitrogens is 1. The summed E-state index contributed by atoms with van der Waals surface area (Å²) in [5.41, 5.74) is 6.76. The van der Waals surface area contributed by atoms with Crippen LogP contribution in [0.25, 0.3) is 22.0 Å². The molecule has 3 aromatic heterocycles. The molecule has 1 N–H and O–H groups in total. The van der Waals surface area contributed by atoms with E-state index >= 15 is 0 Å². The Bertz CT molecular complexity index is 1860. The van der Waals surface area contributed by atoms with Crippen molar-refractivity contribution in [3.8, 4) is 16.9 Å². The minimum atomic E-state index is -3.22. The average Bonchev–Trinajstić information content (AvgIpc) is 3.28. The van der Waals surface area contributed by atoms with Gasteiger partial charge >= 0.3 is 0 Å². The number of sulfone groups is 1. The fourth-order valence-electron chi connectivity index (χ4n) is 5.28. The normalized spacial score (nSPS) is 12.8. The van der Waals surface area contributed by atoms with E-state index in [2.05, 4.69) is 14.9 Å². The highest BCUT2D eigenvalue weighted by atomic mass is 32.2. The highest BCUT2D eigenvalue weighted by Gasteiger charge is 2.26. The van der Waals surface area contributed by atoms with Crippen molar-refractivity contribution in [2.24, 2.45) is 7.05 Å². The number of hydrogen-bond donors (Lipinski definition) is 1. The monoisotopic (exact) mass is 540 g/mol. The van der Waals surface area contributed by atoms with Crippen molar-refractivity contribution < 1.29 is 13.2 Å². The van der Waals surface area contributed by atoms with Gasteiger partial charge in [-0.25, -0.2) is 8.42 Å². The molecule has 0 saturated carbocycles. The topological polar surface area (TPSA) is 97.3 Å². The van der Waals surface area contributed by atoms with Gasteiger partial charge in [-0.05, 0) is 41.5 Å². The summed E-state index contributed by atoms with van der Waals surface area (Å²) in [4.78, 5) is 22.7. The van der Waals surface area contributed by atoms with Gasteiger partial charge in [-0.2, -0.15) is 0 Å². The number of nitrogens with zero attached hydrogens (tertiary/aromatic N) is 3. The first-order chi connectivity index (χ1) is 18.8. The molecule has 1 aliphatic rings. The minimum Gasteiger partial charge on any atom is -0.487 e. The zero-order valence-electron chi connectivity index (χ0n) is 21.7. The Morgan fingerprint density at radius 2 is 1.87 bits per heavy atom. The van der Waals surface area contributed by atoms with E-state index in [1.165, 1.54) is 6.26 Å². The van der Waals surface area contributed by atoms with Crippen LogP contribution in [0.2, 0.25) is 0 Å². The Kier molecular flexibility index (Phi) is 6.23. The van der Waals surface area contributed by atoms with E-state index in [1.807, 2.05) is 73.1 Å². The van der Waals surface area contributed by atoms with Gasteiger partial charge in [-0.15, -0.1) is 0 Å². The third-order valence-electron chi connectivity index (χ3n) is 7.01. The SMILES string of the molecule is Cn1cc2c3c(c[nH]c3c1=O)CN(Cc1ccccc1OCc1ccccn1)c1ccc(CS(C)(=O)=O)cc1-2. The lowest BCUT2D eigenvalue weighted by molar-refractivity contribution is 0.298. The summed E-state index contributed by atoms with van der Waals surface area (Å²) in [5, 5.41) is 0.873. The van der Waals surface area contributed by atoms with E-state index in [-0.39, 0.29) is 11.3 Å². The van der Waals surface area contributed by atoms with Gasteiger partial charge in [-0.1, -0.05) is 30.3 Å². The second kappa shape index (κ2) is 9.74. The molecule has 0 atom stereocenters. The maximum Gasteiger partial charge on any atom is 0.274 e. The first kappa shape index (κ1) is 24.9. The van der Waals surface area contributed by atoms with E-state index in [9.17, 15) is 13.2 Å². The molecule has 39 heavy (non-hydrogen) atoms. The van der Waals surface area contributed by atoms with Crippen molar-refractivity contribution in [3.63, 3.8) is 0 Å². The average molecular weight is 541 g/mol. The lowest BCUT2D eigenvalue weighted by Gasteiger charge is -2.27. The maximum atomic E-state index is 12.9. The molecule has 9 heteroatoms. The molecule has 0 aliphatic carbocycles. The molecule has 0 bridgehead atoms. The summed E-state index contributed by atoms with van der Waals surface area (Å²) in [7, 11) is -1.49. The van der Waals surface area contributed by atoms with Gasteiger partial charge in [0.2, 0.25) is 0 Å². The van der Waals surface area contributed by atoms with Crippen molar-refractivity contribution >= 4 is 26.4 Å². The molecule has 0 saturated heterocycles. The maximum absolute atomic E-state index is 12.9. The van der Waals surface area contributed by atoms with Crippen LogP contribution in [0, 0.1) is 0 Å². The van der Waals surface area contributed by atoms with Crippen LogP contribution < -0.4 is 15.2 Å². The van der Waals surface area contributed by atoms with Crippen LogP contribution in [-0.4, -0.2) is 29.2 Å². The standard InChI is InChI=1S/C30H28N4O4S/c1-33-17-25-24-13-20(19-39(2,36)37)10-11-26(24)34(16-22-14-32-29(28(22)25)30(33)35)15-21-7-3-4-9-27(21)38-18-23-8-5-6-12-31-23/h3-14,17,32H,15-16,18-19H2,1-2H3. The first-order valence-corrected chi connectivity index (χ1v) is 14.7. The van der Waals surface area contributed by atoms with Gasteiger partial charge < -0.3 is 19.2 Å². The molecule has 2 aromatic carbocycles. The number of aromatic amines is 1. The van der Waals surface area contributed by atoms with E-state index < -0.39 is 9.84 Å². The summed E-state index contributed by atoms with van der Waals surface area (Å²) in [6.07, 6.45) is 6.73. The molecule has 5 aromatic rings. The van der Waals surface area contributed by atoms with Gasteiger partial charge in [-0.3, -0.25) is 9.78 Å². The summed E-state index contributed by atoms with van der Waals surface area (Å²) in [5.74, 6) is 0.715. The van der Waals surface area contributed by atoms with Crippen molar-refractivity contribution in [3.05, 3.63) is 112 Å². The van der Waals surface area contributed by atoms with Crippen LogP contribution in [0.5, 0.6) is 5.75 Å². The number of rotatable bonds is 7. The Balaban J connectivity index is 1.44. The zero-order chi connectivity index (χ0) is 27.1. The fourth-order valence-corrected chi connectivity index (χ4v) is 6.06. The van der Waals surface area contributed by atoms with Crippen molar-refractivity contribution in [2.45, 2.75) is 25.4 Å². The van der Waals surface area contributed by atoms with Gasteiger partial charge in [0.15, 0.2) is 9.84 Å². The van der Waals surface area contributed by atoms with Crippen LogP contribution >= 0.6 is 0 Å². The predicted octanol–water partition coefficient (Wildman–Crippen LogP) is 4.57. The molecule has 4 heterocycles. The largest absolute Gasteiger partial charge is 0.487 e. The van der Waals surface area contributed by atoms with Crippen molar-refractivity contribution in [1.82, 2.24) is 14.5 Å². The first-order valence-electron chi connectivity index (χ1n) is 12.6. The van der Waals surface area contributed by atoms with E-state index in [1.54, 1.807) is 17.8 Å². The third kappa shape index (κ3) is 4.93. The number of hydrogen-bond acceptors (Lipinski definition) is 6. The number of para-hydroxylation sites is 1. The number of aromatic nitrogens is 3. The molecule has 0 radical (unpaired) electrons. The number of anilines is 1. The molecule has 6 rings (SSSR count). The van der Waals surface area contributed by atoms with Crippen LogP contribution in [0.1, 0.15) is 22.4 Å². The lowest BCUT2D eigenvalue weighted by Crippen LogP contribution is -2.22. The predicted molar refractivity (Wildman–Crippen MR) is 152 cm³/mol. The molecule has 0 spiro atoms. The van der Waals surface area contributed by atoms with Crippen LogP contribution in [-0.2, 0) is 42.3 Å². The molecule has 8 nitrogen and oxygen atoms in total. The Labute approximate surface area is 226 Å². The van der Waals surface area contributed by atoms with Gasteiger partial charge in [0.1, 0.15) is 17.9 Å². The number of nitrogens with one attached hydrogen (secondary N) is 1. The summed E-state index contributed by atoms with van der Waals surface area (Å²) in [6.45, 7) is 1.47. The summed E-state index contributed by atoms with van der Waals surface area (Å²) >= 11 is 0. The number of ether oxygens (including phenoxy) is 1. The second-order valence-electron chi connectivity index (χ2n) is 10.0. The Morgan fingerprint density at radius 1 is 1.05 bits per heavy atom. The molecule has 0 unspecified atom stereocenters. The number of fused-ring (bicyclic) bond motifs is 2. The summed E-state index contributed by atoms with van der Waals surface area (Å²) < 4.78 is 32.0. The smallest absolute Gasteiger partial charge is 0.274 e. The Morgan fingerprint density at radius 3 is 2.67 bits per heavy atom. The van der Waals surface area contributed by atoms with E-state index in [0.717, 1.165) is 44.8 Å². The van der Waals surface area contributed by atoms with Crippen LogP contribution in [0.15, 0.2) is 84.0 Å². The highest BCUT2D eigenvalue weighted by molar-refractivity contribution is 7.89. The third-order valence-corrected chi connectivity index (χ3v) is 7.86. The quantitative estimate of drug-likeness (QED) is 0.325. The molecule has 0 fully saturated rings. The lowest BCUT2D eigenvalue weighted by atomic mass is 9.99. The van der Waals surface area contributed by atoms with Crippen molar-refractivity contribution in [2.75, 3.05) is 11.2 Å². The number of pyridine rings is 2. The van der Waals surface area contributed by atoms with Crippen LogP contribution in [0.3, 0.4) is 0 Å².